The maximum Gasteiger partial charge on any atom is 0.338 e. The Morgan fingerprint density at radius 2 is 1.62 bits per heavy atom. The second kappa shape index (κ2) is 4.77. The van der Waals surface area contributed by atoms with E-state index >= 15 is 0 Å². The largest absolute Gasteiger partial charge is 0.478 e. The maximum atomic E-state index is 11.8. The Hall–Kier alpha value is -2.55. The average molecular weight is 279 g/mol. The molecule has 0 aliphatic carbocycles. The molecular formula is C18H17NO2. The minimum Gasteiger partial charge on any atom is -0.478 e. The highest BCUT2D eigenvalue weighted by atomic mass is 16.4. The van der Waals surface area contributed by atoms with E-state index in [2.05, 4.69) is 0 Å². The highest BCUT2D eigenvalue weighted by Crippen LogP contribution is 2.33. The number of aromatic nitrogens is 1. The molecule has 3 nitrogen and oxygen atoms in total. The zero-order chi connectivity index (χ0) is 15.1. The van der Waals surface area contributed by atoms with Crippen LogP contribution in [0.25, 0.3) is 22.2 Å². The van der Waals surface area contributed by atoms with E-state index in [0.29, 0.717) is 5.56 Å². The molecule has 3 rings (SSSR count). The molecule has 1 heterocycles. The van der Waals surface area contributed by atoms with Gasteiger partial charge in [-0.3, -0.25) is 0 Å². The Balaban J connectivity index is 2.41. The number of carboxylic acid groups (broad SMARTS) is 1. The number of hydrogen-bond acceptors (Lipinski definition) is 1. The Labute approximate surface area is 123 Å². The highest BCUT2D eigenvalue weighted by Gasteiger charge is 2.21. The topological polar surface area (TPSA) is 42.2 Å². The van der Waals surface area contributed by atoms with Gasteiger partial charge in [-0.15, -0.1) is 0 Å². The molecule has 0 radical (unpaired) electrons. The van der Waals surface area contributed by atoms with Crippen LogP contribution in [0.5, 0.6) is 0 Å². The Morgan fingerprint density at radius 1 is 1.00 bits per heavy atom. The number of fused-ring (bicyclic) bond motifs is 1. The normalized spacial score (nSPS) is 11.0. The molecule has 2 aromatic carbocycles. The van der Waals surface area contributed by atoms with E-state index in [1.807, 2.05) is 67.9 Å². The molecule has 0 saturated heterocycles. The zero-order valence-corrected chi connectivity index (χ0v) is 12.3. The molecule has 0 saturated carbocycles. The van der Waals surface area contributed by atoms with Gasteiger partial charge in [0.1, 0.15) is 0 Å². The van der Waals surface area contributed by atoms with E-state index in [9.17, 15) is 9.90 Å². The molecule has 0 bridgehead atoms. The van der Waals surface area contributed by atoms with E-state index in [-0.39, 0.29) is 0 Å². The smallest absolute Gasteiger partial charge is 0.338 e. The predicted octanol–water partition coefficient (Wildman–Crippen LogP) is 4.16. The first kappa shape index (κ1) is 13.4. The first-order valence-electron chi connectivity index (χ1n) is 6.88. The Kier molecular flexibility index (Phi) is 3.05. The minimum absolute atomic E-state index is 0.375. The maximum absolute atomic E-state index is 11.8. The molecule has 0 aliphatic heterocycles. The molecule has 1 N–H and O–H groups in total. The van der Waals surface area contributed by atoms with Crippen molar-refractivity contribution in [1.29, 1.82) is 0 Å². The van der Waals surface area contributed by atoms with Crippen molar-refractivity contribution in [2.24, 2.45) is 7.05 Å². The lowest BCUT2D eigenvalue weighted by atomic mass is 10.0. The molecule has 106 valence electrons. The van der Waals surface area contributed by atoms with Crippen LogP contribution in [0.15, 0.2) is 42.5 Å². The number of rotatable bonds is 2. The van der Waals surface area contributed by atoms with Gasteiger partial charge in [0, 0.05) is 18.0 Å². The summed E-state index contributed by atoms with van der Waals surface area (Å²) in [6, 6.07) is 13.9. The standard InChI is InChI=1S/C18H17NO2/c1-11-4-7-13(8-5-11)17-16(18(20)21)14-10-12(2)6-9-15(14)19(17)3/h4-10H,1-3H3,(H,20,21). The van der Waals surface area contributed by atoms with Crippen molar-refractivity contribution in [1.82, 2.24) is 4.57 Å². The van der Waals surface area contributed by atoms with Crippen LogP contribution in [0.1, 0.15) is 21.5 Å². The zero-order valence-electron chi connectivity index (χ0n) is 12.3. The van der Waals surface area contributed by atoms with Gasteiger partial charge in [0.2, 0.25) is 0 Å². The molecular weight excluding hydrogens is 262 g/mol. The average Bonchev–Trinajstić information content (AvgIpc) is 2.72. The third-order valence-electron chi connectivity index (χ3n) is 3.89. The monoisotopic (exact) mass is 279 g/mol. The molecule has 0 amide bonds. The summed E-state index contributed by atoms with van der Waals surface area (Å²) in [5.74, 6) is -0.887. The predicted molar refractivity (Wildman–Crippen MR) is 84.8 cm³/mol. The summed E-state index contributed by atoms with van der Waals surface area (Å²) in [5.41, 5.74) is 5.21. The van der Waals surface area contributed by atoms with Gasteiger partial charge in [0.25, 0.3) is 0 Å². The molecule has 1 aromatic heterocycles. The molecule has 21 heavy (non-hydrogen) atoms. The fraction of sp³-hybridized carbons (Fsp3) is 0.167. The van der Waals surface area contributed by atoms with E-state index in [1.54, 1.807) is 0 Å². The molecule has 0 atom stereocenters. The lowest BCUT2D eigenvalue weighted by molar-refractivity contribution is 0.0699. The number of carbonyl (C=O) groups is 1. The third-order valence-corrected chi connectivity index (χ3v) is 3.89. The molecule has 3 aromatic rings. The second-order valence-electron chi connectivity index (χ2n) is 5.47. The fourth-order valence-electron chi connectivity index (χ4n) is 2.82. The SMILES string of the molecule is Cc1ccc(-c2c(C(=O)O)c3cc(C)ccc3n2C)cc1. The highest BCUT2D eigenvalue weighted by molar-refractivity contribution is 6.10. The van der Waals surface area contributed by atoms with Crippen molar-refractivity contribution in [2.75, 3.05) is 0 Å². The van der Waals surface area contributed by atoms with Crippen molar-refractivity contribution < 1.29 is 9.90 Å². The van der Waals surface area contributed by atoms with Crippen LogP contribution in [0.3, 0.4) is 0 Å². The summed E-state index contributed by atoms with van der Waals surface area (Å²) in [6.45, 7) is 4.00. The van der Waals surface area contributed by atoms with Gasteiger partial charge in [-0.05, 0) is 31.5 Å². The van der Waals surface area contributed by atoms with Crippen LogP contribution in [0.4, 0.5) is 0 Å². The van der Waals surface area contributed by atoms with Crippen LogP contribution < -0.4 is 0 Å². The second-order valence-corrected chi connectivity index (χ2v) is 5.47. The van der Waals surface area contributed by atoms with Crippen molar-refractivity contribution in [3.63, 3.8) is 0 Å². The van der Waals surface area contributed by atoms with E-state index in [4.69, 9.17) is 0 Å². The summed E-state index contributed by atoms with van der Waals surface area (Å²) >= 11 is 0. The Morgan fingerprint density at radius 3 is 2.24 bits per heavy atom. The van der Waals surface area contributed by atoms with Crippen LogP contribution in [0, 0.1) is 13.8 Å². The molecule has 0 unspecified atom stereocenters. The molecule has 0 spiro atoms. The first-order valence-corrected chi connectivity index (χ1v) is 6.88. The summed E-state index contributed by atoms with van der Waals surface area (Å²) in [7, 11) is 1.92. The number of nitrogens with zero attached hydrogens (tertiary/aromatic N) is 1. The van der Waals surface area contributed by atoms with Gasteiger partial charge in [-0.2, -0.15) is 0 Å². The number of aryl methyl sites for hydroxylation is 3. The Bertz CT molecular complexity index is 842. The van der Waals surface area contributed by atoms with Gasteiger partial charge < -0.3 is 9.67 Å². The van der Waals surface area contributed by atoms with Crippen LogP contribution in [0.2, 0.25) is 0 Å². The number of carboxylic acids is 1. The number of aromatic carboxylic acids is 1. The van der Waals surface area contributed by atoms with E-state index in [0.717, 1.165) is 33.3 Å². The third kappa shape index (κ3) is 2.11. The van der Waals surface area contributed by atoms with Crippen molar-refractivity contribution >= 4 is 16.9 Å². The van der Waals surface area contributed by atoms with Gasteiger partial charge in [0.15, 0.2) is 0 Å². The van der Waals surface area contributed by atoms with Gasteiger partial charge in [0.05, 0.1) is 11.3 Å². The summed E-state index contributed by atoms with van der Waals surface area (Å²) < 4.78 is 1.96. The lowest BCUT2D eigenvalue weighted by Crippen LogP contribution is -2.00. The lowest BCUT2D eigenvalue weighted by Gasteiger charge is -2.06. The minimum atomic E-state index is -0.887. The van der Waals surface area contributed by atoms with Crippen molar-refractivity contribution in [2.45, 2.75) is 13.8 Å². The number of benzene rings is 2. The van der Waals surface area contributed by atoms with Gasteiger partial charge >= 0.3 is 5.97 Å². The van der Waals surface area contributed by atoms with Crippen molar-refractivity contribution in [3.05, 3.63) is 59.2 Å². The summed E-state index contributed by atoms with van der Waals surface area (Å²) in [6.07, 6.45) is 0. The fourth-order valence-corrected chi connectivity index (χ4v) is 2.82. The van der Waals surface area contributed by atoms with Crippen LogP contribution in [-0.2, 0) is 7.05 Å². The summed E-state index contributed by atoms with van der Waals surface area (Å²) in [5, 5.41) is 10.5. The van der Waals surface area contributed by atoms with E-state index < -0.39 is 5.97 Å². The van der Waals surface area contributed by atoms with Gasteiger partial charge in [-0.25, -0.2) is 4.79 Å². The van der Waals surface area contributed by atoms with Gasteiger partial charge in [-0.1, -0.05) is 41.5 Å². The molecule has 3 heteroatoms. The van der Waals surface area contributed by atoms with Crippen molar-refractivity contribution in [3.8, 4) is 11.3 Å². The molecule has 0 fully saturated rings. The first-order chi connectivity index (χ1) is 9.99. The van der Waals surface area contributed by atoms with Crippen LogP contribution >= 0.6 is 0 Å². The quantitative estimate of drug-likeness (QED) is 0.765. The van der Waals surface area contributed by atoms with Crippen LogP contribution in [-0.4, -0.2) is 15.6 Å². The number of hydrogen-bond donors (Lipinski definition) is 1. The molecule has 0 aliphatic rings. The summed E-state index contributed by atoms with van der Waals surface area (Å²) in [4.78, 5) is 11.8. The van der Waals surface area contributed by atoms with E-state index in [1.165, 1.54) is 0 Å².